The van der Waals surface area contributed by atoms with Crippen molar-refractivity contribution < 1.29 is 9.53 Å². The number of nitriles is 1. The lowest BCUT2D eigenvalue weighted by atomic mass is 10.1. The molecule has 6 nitrogen and oxygen atoms in total. The summed E-state index contributed by atoms with van der Waals surface area (Å²) in [5, 5.41) is 13.1. The summed E-state index contributed by atoms with van der Waals surface area (Å²) in [5.41, 5.74) is 1.25. The average Bonchev–Trinajstić information content (AvgIpc) is 2.35. The van der Waals surface area contributed by atoms with Crippen molar-refractivity contribution >= 4 is 11.7 Å². The van der Waals surface area contributed by atoms with Crippen LogP contribution >= 0.6 is 0 Å². The van der Waals surface area contributed by atoms with Crippen LogP contribution < -0.4 is 5.56 Å². The molecule has 106 valence electrons. The van der Waals surface area contributed by atoms with Gasteiger partial charge in [-0.1, -0.05) is 0 Å². The van der Waals surface area contributed by atoms with Gasteiger partial charge in [0.15, 0.2) is 0 Å². The highest BCUT2D eigenvalue weighted by Crippen LogP contribution is 2.05. The average molecular weight is 275 g/mol. The molecule has 0 N–H and O–H groups in total. The van der Waals surface area contributed by atoms with E-state index in [1.165, 1.54) is 0 Å². The number of aromatic nitrogens is 1. The zero-order valence-corrected chi connectivity index (χ0v) is 12.1. The molecule has 0 radical (unpaired) electrons. The molecular weight excluding hydrogens is 258 g/mol. The van der Waals surface area contributed by atoms with Gasteiger partial charge in [0.2, 0.25) is 0 Å². The molecule has 0 aliphatic heterocycles. The first kappa shape index (κ1) is 15.6. The van der Waals surface area contributed by atoms with Crippen LogP contribution in [0.3, 0.4) is 0 Å². The maximum Gasteiger partial charge on any atom is 0.311 e. The topological polar surface area (TPSA) is 84.4 Å². The van der Waals surface area contributed by atoms with Crippen LogP contribution in [0, 0.1) is 25.2 Å². The number of hydrogen-bond acceptors (Lipinski definition) is 5. The summed E-state index contributed by atoms with van der Waals surface area (Å²) in [7, 11) is 0. The van der Waals surface area contributed by atoms with E-state index in [0.29, 0.717) is 23.6 Å². The Balaban J connectivity index is 3.19. The molecule has 0 amide bonds. The highest BCUT2D eigenvalue weighted by molar-refractivity contribution is 5.97. The molecule has 1 heterocycles. The molecule has 0 spiro atoms. The Morgan fingerprint density at radius 2 is 2.15 bits per heavy atom. The fourth-order valence-corrected chi connectivity index (χ4v) is 1.77. The van der Waals surface area contributed by atoms with Crippen LogP contribution in [0.25, 0.3) is 0 Å². The van der Waals surface area contributed by atoms with Gasteiger partial charge in [-0.2, -0.15) is 10.4 Å². The molecular formula is C14H17N3O3. The summed E-state index contributed by atoms with van der Waals surface area (Å²) >= 11 is 0. The highest BCUT2D eigenvalue weighted by atomic mass is 16.5. The quantitative estimate of drug-likeness (QED) is 0.616. The van der Waals surface area contributed by atoms with Gasteiger partial charge in [-0.05, 0) is 39.3 Å². The lowest BCUT2D eigenvalue weighted by Gasteiger charge is -2.08. The van der Waals surface area contributed by atoms with Crippen molar-refractivity contribution in [1.82, 2.24) is 4.68 Å². The third-order valence-electron chi connectivity index (χ3n) is 2.65. The van der Waals surface area contributed by atoms with Crippen molar-refractivity contribution in [2.45, 2.75) is 34.1 Å². The molecule has 20 heavy (non-hydrogen) atoms. The second kappa shape index (κ2) is 6.66. The van der Waals surface area contributed by atoms with E-state index in [0.717, 1.165) is 4.68 Å². The van der Waals surface area contributed by atoms with Gasteiger partial charge in [-0.25, -0.2) is 4.68 Å². The van der Waals surface area contributed by atoms with Gasteiger partial charge in [0.1, 0.15) is 11.6 Å². The third-order valence-corrected chi connectivity index (χ3v) is 2.65. The molecule has 6 heteroatoms. The minimum Gasteiger partial charge on any atom is -0.466 e. The minimum absolute atomic E-state index is 0.00941. The Labute approximate surface area is 117 Å². The number of carbonyl (C=O) groups excluding carboxylic acids is 1. The van der Waals surface area contributed by atoms with Crippen LogP contribution in [-0.4, -0.2) is 23.0 Å². The first-order valence-corrected chi connectivity index (χ1v) is 6.24. The smallest absolute Gasteiger partial charge is 0.311 e. The fourth-order valence-electron chi connectivity index (χ4n) is 1.77. The SMILES string of the molecule is CCOC(=O)C/C(C)=N/n1c(C)cc(C)c(C#N)c1=O. The molecule has 0 aliphatic carbocycles. The largest absolute Gasteiger partial charge is 0.466 e. The number of aryl methyl sites for hydroxylation is 2. The molecule has 0 atom stereocenters. The summed E-state index contributed by atoms with van der Waals surface area (Å²) in [6.07, 6.45) is 0.00941. The zero-order valence-electron chi connectivity index (χ0n) is 12.1. The molecule has 0 saturated heterocycles. The molecule has 0 aromatic carbocycles. The Bertz CT molecular complexity index is 651. The van der Waals surface area contributed by atoms with E-state index in [1.54, 1.807) is 33.8 Å². The third kappa shape index (κ3) is 3.54. The van der Waals surface area contributed by atoms with E-state index in [4.69, 9.17) is 10.00 Å². The summed E-state index contributed by atoms with van der Waals surface area (Å²) in [6, 6.07) is 3.58. The van der Waals surface area contributed by atoms with E-state index in [2.05, 4.69) is 5.10 Å². The minimum atomic E-state index is -0.479. The zero-order chi connectivity index (χ0) is 15.3. The second-order valence-electron chi connectivity index (χ2n) is 4.39. The molecule has 1 aromatic rings. The van der Waals surface area contributed by atoms with Gasteiger partial charge in [-0.15, -0.1) is 0 Å². The lowest BCUT2D eigenvalue weighted by molar-refractivity contribution is -0.141. The Kier molecular flexibility index (Phi) is 5.21. The Morgan fingerprint density at radius 1 is 1.50 bits per heavy atom. The van der Waals surface area contributed by atoms with E-state index in [9.17, 15) is 9.59 Å². The maximum atomic E-state index is 12.1. The molecule has 1 rings (SSSR count). The number of esters is 1. The second-order valence-corrected chi connectivity index (χ2v) is 4.39. The van der Waals surface area contributed by atoms with Crippen molar-refractivity contribution in [1.29, 1.82) is 5.26 Å². The monoisotopic (exact) mass is 275 g/mol. The lowest BCUT2D eigenvalue weighted by Crippen LogP contribution is -2.24. The predicted octanol–water partition coefficient (Wildman–Crippen LogP) is 1.51. The Morgan fingerprint density at radius 3 is 2.70 bits per heavy atom. The van der Waals surface area contributed by atoms with Crippen LogP contribution in [0.2, 0.25) is 0 Å². The van der Waals surface area contributed by atoms with Crippen molar-refractivity contribution in [2.24, 2.45) is 5.10 Å². The van der Waals surface area contributed by atoms with Crippen LogP contribution in [-0.2, 0) is 9.53 Å². The van der Waals surface area contributed by atoms with Crippen LogP contribution in [0.4, 0.5) is 0 Å². The van der Waals surface area contributed by atoms with Crippen LogP contribution in [0.5, 0.6) is 0 Å². The van der Waals surface area contributed by atoms with Crippen molar-refractivity contribution in [2.75, 3.05) is 6.61 Å². The maximum absolute atomic E-state index is 12.1. The van der Waals surface area contributed by atoms with Crippen molar-refractivity contribution in [3.63, 3.8) is 0 Å². The number of rotatable bonds is 4. The molecule has 0 unspecified atom stereocenters. The van der Waals surface area contributed by atoms with E-state index in [-0.39, 0.29) is 12.0 Å². The van der Waals surface area contributed by atoms with Crippen LogP contribution in [0.15, 0.2) is 16.0 Å². The molecule has 1 aromatic heterocycles. The van der Waals surface area contributed by atoms with Gasteiger partial charge in [0.25, 0.3) is 5.56 Å². The normalized spacial score (nSPS) is 11.1. The summed E-state index contributed by atoms with van der Waals surface area (Å²) < 4.78 is 5.95. The van der Waals surface area contributed by atoms with Crippen LogP contribution in [0.1, 0.15) is 37.1 Å². The van der Waals surface area contributed by atoms with Crippen molar-refractivity contribution in [3.05, 3.63) is 33.2 Å². The first-order chi connectivity index (χ1) is 9.40. The van der Waals surface area contributed by atoms with Gasteiger partial charge in [0.05, 0.1) is 13.0 Å². The van der Waals surface area contributed by atoms with E-state index >= 15 is 0 Å². The fraction of sp³-hybridized carbons (Fsp3) is 0.429. The predicted molar refractivity (Wildman–Crippen MR) is 74.6 cm³/mol. The summed E-state index contributed by atoms with van der Waals surface area (Å²) in [5.74, 6) is -0.396. The standard InChI is InChI=1S/C14H17N3O3/c1-5-20-13(18)7-10(3)16-17-11(4)6-9(2)12(8-15)14(17)19/h6H,5,7H2,1-4H3/b16-10+. The molecule has 0 saturated carbocycles. The van der Waals surface area contributed by atoms with Gasteiger partial charge >= 0.3 is 5.97 Å². The van der Waals surface area contributed by atoms with Gasteiger partial charge in [-0.3, -0.25) is 9.59 Å². The van der Waals surface area contributed by atoms with Crippen molar-refractivity contribution in [3.8, 4) is 6.07 Å². The van der Waals surface area contributed by atoms with Gasteiger partial charge in [0, 0.05) is 11.4 Å². The first-order valence-electron chi connectivity index (χ1n) is 6.24. The van der Waals surface area contributed by atoms with E-state index in [1.807, 2.05) is 6.07 Å². The van der Waals surface area contributed by atoms with Gasteiger partial charge < -0.3 is 4.74 Å². The number of carbonyl (C=O) groups is 1. The number of pyridine rings is 1. The van der Waals surface area contributed by atoms with E-state index < -0.39 is 11.5 Å². The number of ether oxygens (including phenoxy) is 1. The Hall–Kier alpha value is -2.42. The summed E-state index contributed by atoms with van der Waals surface area (Å²) in [4.78, 5) is 23.5. The highest BCUT2D eigenvalue weighted by Gasteiger charge is 2.11. The molecule has 0 aliphatic rings. The number of hydrogen-bond donors (Lipinski definition) is 0. The summed E-state index contributed by atoms with van der Waals surface area (Å²) in [6.45, 7) is 7.07. The molecule has 0 fully saturated rings. The molecule has 0 bridgehead atoms. The number of nitrogens with zero attached hydrogens (tertiary/aromatic N) is 3.